The number of carbonyl (C=O) groups is 1. The van der Waals surface area contributed by atoms with Crippen molar-refractivity contribution >= 4 is 16.9 Å². The molecule has 20 heavy (non-hydrogen) atoms. The van der Waals surface area contributed by atoms with E-state index in [9.17, 15) is 9.00 Å². The maximum absolute atomic E-state index is 12.4. The number of hydrogen-bond acceptors (Lipinski definition) is 4. The highest BCUT2D eigenvalue weighted by Crippen LogP contribution is 2.21. The Labute approximate surface area is 121 Å². The second kappa shape index (κ2) is 5.91. The Hall–Kier alpha value is -1.43. The van der Waals surface area contributed by atoms with Crippen LogP contribution in [0.3, 0.4) is 0 Å². The maximum Gasteiger partial charge on any atom is 0.410 e. The number of ether oxygens (including phenoxy) is 1. The third-order valence-electron chi connectivity index (χ3n) is 2.94. The zero-order valence-electron chi connectivity index (χ0n) is 12.0. The number of hydrogen-bond donors (Lipinski definition) is 0. The van der Waals surface area contributed by atoms with Crippen molar-refractivity contribution in [1.29, 1.82) is 0 Å². The van der Waals surface area contributed by atoms with E-state index in [2.05, 4.69) is 4.98 Å². The van der Waals surface area contributed by atoms with Crippen molar-refractivity contribution in [3.63, 3.8) is 0 Å². The molecule has 2 rings (SSSR count). The van der Waals surface area contributed by atoms with E-state index in [0.29, 0.717) is 24.5 Å². The van der Waals surface area contributed by atoms with Crippen molar-refractivity contribution < 1.29 is 13.7 Å². The number of nitrogens with zero attached hydrogens (tertiary/aromatic N) is 2. The summed E-state index contributed by atoms with van der Waals surface area (Å²) in [6.07, 6.45) is 2.01. The van der Waals surface area contributed by atoms with E-state index < -0.39 is 16.4 Å². The molecule has 0 bridgehead atoms. The molecule has 1 fully saturated rings. The average molecular weight is 296 g/mol. The van der Waals surface area contributed by atoms with Gasteiger partial charge in [-0.05, 0) is 39.3 Å². The molecule has 0 N–H and O–H groups in total. The van der Waals surface area contributed by atoms with Crippen LogP contribution in [0, 0.1) is 0 Å². The Morgan fingerprint density at radius 2 is 2.20 bits per heavy atom. The fourth-order valence-corrected chi connectivity index (χ4v) is 3.39. The minimum atomic E-state index is -1.18. The molecule has 6 heteroatoms. The lowest BCUT2D eigenvalue weighted by atomic mass is 10.2. The molecule has 110 valence electrons. The largest absolute Gasteiger partial charge is 0.444 e. The van der Waals surface area contributed by atoms with Gasteiger partial charge in [0.25, 0.3) is 0 Å². The van der Waals surface area contributed by atoms with Gasteiger partial charge in [0.05, 0.1) is 16.0 Å². The molecule has 0 aromatic carbocycles. The van der Waals surface area contributed by atoms with Crippen LogP contribution in [0.1, 0.15) is 27.2 Å². The van der Waals surface area contributed by atoms with Gasteiger partial charge in [-0.25, -0.2) is 9.78 Å². The van der Waals surface area contributed by atoms with Gasteiger partial charge in [0.15, 0.2) is 0 Å². The molecule has 0 radical (unpaired) electrons. The molecule has 1 aliphatic rings. The lowest BCUT2D eigenvalue weighted by Gasteiger charge is -2.24. The number of carbonyl (C=O) groups excluding carboxylic acids is 1. The van der Waals surface area contributed by atoms with E-state index in [0.717, 1.165) is 0 Å². The van der Waals surface area contributed by atoms with E-state index in [1.807, 2.05) is 26.8 Å². The molecule has 0 saturated carbocycles. The van der Waals surface area contributed by atoms with Gasteiger partial charge < -0.3 is 9.64 Å². The standard InChI is InChI=1S/C14H20N2O3S/c1-14(2,3)19-13(17)16-9-7-11(10-16)20(18)12-6-4-5-8-15-12/h4-6,8,11H,7,9-10H2,1-3H3/t11-,20+/m1/s1. The Bertz CT molecular complexity index is 499. The summed E-state index contributed by atoms with van der Waals surface area (Å²) < 4.78 is 17.7. The van der Waals surface area contributed by atoms with Gasteiger partial charge in [0.1, 0.15) is 10.6 Å². The quantitative estimate of drug-likeness (QED) is 0.839. The highest BCUT2D eigenvalue weighted by Gasteiger charge is 2.33. The fourth-order valence-electron chi connectivity index (χ4n) is 2.03. The second-order valence-electron chi connectivity index (χ2n) is 5.80. The predicted molar refractivity (Wildman–Crippen MR) is 76.9 cm³/mol. The van der Waals surface area contributed by atoms with Gasteiger partial charge in [-0.1, -0.05) is 6.07 Å². The lowest BCUT2D eigenvalue weighted by molar-refractivity contribution is 0.0295. The molecule has 1 amide bonds. The first-order valence-corrected chi connectivity index (χ1v) is 7.87. The van der Waals surface area contributed by atoms with Crippen LogP contribution in [0.2, 0.25) is 0 Å². The zero-order chi connectivity index (χ0) is 14.8. The molecule has 2 atom stereocenters. The Kier molecular flexibility index (Phi) is 4.42. The smallest absolute Gasteiger partial charge is 0.410 e. The van der Waals surface area contributed by atoms with Crippen molar-refractivity contribution in [2.75, 3.05) is 13.1 Å². The van der Waals surface area contributed by atoms with E-state index in [4.69, 9.17) is 4.74 Å². The molecule has 0 unspecified atom stereocenters. The van der Waals surface area contributed by atoms with Gasteiger partial charge in [-0.2, -0.15) is 0 Å². The minimum Gasteiger partial charge on any atom is -0.444 e. The summed E-state index contributed by atoms with van der Waals surface area (Å²) in [7, 11) is -1.18. The monoisotopic (exact) mass is 296 g/mol. The molecule has 0 spiro atoms. The number of amides is 1. The topological polar surface area (TPSA) is 59.5 Å². The van der Waals surface area contributed by atoms with E-state index in [1.54, 1.807) is 23.2 Å². The van der Waals surface area contributed by atoms with Crippen LogP contribution < -0.4 is 0 Å². The predicted octanol–water partition coefficient (Wildman–Crippen LogP) is 2.20. The summed E-state index contributed by atoms with van der Waals surface area (Å²) in [4.78, 5) is 17.7. The molecule has 1 aliphatic heterocycles. The van der Waals surface area contributed by atoms with Crippen molar-refractivity contribution in [3.05, 3.63) is 24.4 Å². The highest BCUT2D eigenvalue weighted by atomic mass is 32.2. The summed E-state index contributed by atoms with van der Waals surface area (Å²) >= 11 is 0. The molecule has 1 aromatic rings. The van der Waals surface area contributed by atoms with Crippen LogP contribution in [0.5, 0.6) is 0 Å². The van der Waals surface area contributed by atoms with E-state index in [1.165, 1.54) is 0 Å². The van der Waals surface area contributed by atoms with Crippen LogP contribution >= 0.6 is 0 Å². The van der Waals surface area contributed by atoms with Crippen molar-refractivity contribution in [1.82, 2.24) is 9.88 Å². The first kappa shape index (κ1) is 15.0. The van der Waals surface area contributed by atoms with Crippen LogP contribution in [-0.4, -0.2) is 44.1 Å². The summed E-state index contributed by atoms with van der Waals surface area (Å²) in [5.74, 6) is 0. The molecule has 0 aliphatic carbocycles. The van der Waals surface area contributed by atoms with Crippen LogP contribution in [0.4, 0.5) is 4.79 Å². The molecule has 1 saturated heterocycles. The number of likely N-dealkylation sites (tertiary alicyclic amines) is 1. The summed E-state index contributed by atoms with van der Waals surface area (Å²) in [6, 6.07) is 5.37. The maximum atomic E-state index is 12.4. The Balaban J connectivity index is 1.96. The first-order chi connectivity index (χ1) is 9.37. The second-order valence-corrected chi connectivity index (χ2v) is 7.48. The molecule has 5 nitrogen and oxygen atoms in total. The molecular formula is C14H20N2O3S. The van der Waals surface area contributed by atoms with Crippen LogP contribution in [0.25, 0.3) is 0 Å². The summed E-state index contributed by atoms with van der Waals surface area (Å²) in [6.45, 7) is 6.55. The Morgan fingerprint density at radius 1 is 1.45 bits per heavy atom. The van der Waals surface area contributed by atoms with E-state index >= 15 is 0 Å². The number of pyridine rings is 1. The van der Waals surface area contributed by atoms with Crippen LogP contribution in [0.15, 0.2) is 29.4 Å². The number of rotatable bonds is 2. The van der Waals surface area contributed by atoms with Gasteiger partial charge in [0.2, 0.25) is 0 Å². The fraction of sp³-hybridized carbons (Fsp3) is 0.571. The minimum absolute atomic E-state index is 0.0718. The third-order valence-corrected chi connectivity index (χ3v) is 4.59. The van der Waals surface area contributed by atoms with Gasteiger partial charge >= 0.3 is 6.09 Å². The van der Waals surface area contributed by atoms with Crippen molar-refractivity contribution in [2.45, 2.75) is 43.1 Å². The summed E-state index contributed by atoms with van der Waals surface area (Å²) in [5, 5.41) is 0.501. The average Bonchev–Trinajstić information content (AvgIpc) is 2.86. The Morgan fingerprint density at radius 3 is 2.80 bits per heavy atom. The molecule has 2 heterocycles. The first-order valence-electron chi connectivity index (χ1n) is 6.66. The molecule has 1 aromatic heterocycles. The van der Waals surface area contributed by atoms with Crippen molar-refractivity contribution in [2.24, 2.45) is 0 Å². The summed E-state index contributed by atoms with van der Waals surface area (Å²) in [5.41, 5.74) is -0.505. The zero-order valence-corrected chi connectivity index (χ0v) is 12.9. The van der Waals surface area contributed by atoms with Gasteiger partial charge in [-0.3, -0.25) is 4.21 Å². The SMILES string of the molecule is CC(C)(C)OC(=O)N1CC[C@@H]([S@](=O)c2ccccn2)C1. The number of aromatic nitrogens is 1. The van der Waals surface area contributed by atoms with Gasteiger partial charge in [-0.15, -0.1) is 0 Å². The molecular weight excluding hydrogens is 276 g/mol. The normalized spacial score (nSPS) is 20.8. The van der Waals surface area contributed by atoms with Crippen LogP contribution in [-0.2, 0) is 15.5 Å². The van der Waals surface area contributed by atoms with E-state index in [-0.39, 0.29) is 11.3 Å². The lowest BCUT2D eigenvalue weighted by Crippen LogP contribution is -2.36. The highest BCUT2D eigenvalue weighted by molar-refractivity contribution is 7.85. The van der Waals surface area contributed by atoms with Crippen molar-refractivity contribution in [3.8, 4) is 0 Å². The van der Waals surface area contributed by atoms with Gasteiger partial charge in [0, 0.05) is 19.3 Å². The third kappa shape index (κ3) is 3.79.